The van der Waals surface area contributed by atoms with E-state index in [1.54, 1.807) is 43.7 Å². The summed E-state index contributed by atoms with van der Waals surface area (Å²) >= 11 is 0. The number of aromatic nitrogens is 1. The average Bonchev–Trinajstić information content (AvgIpc) is 3.03. The number of hydrogen-bond donors (Lipinski definition) is 1. The van der Waals surface area contributed by atoms with Crippen molar-refractivity contribution in [2.45, 2.75) is 20.0 Å². The van der Waals surface area contributed by atoms with E-state index < -0.39 is 0 Å². The zero-order chi connectivity index (χ0) is 28.6. The molecule has 0 aliphatic heterocycles. The lowest BCUT2D eigenvalue weighted by atomic mass is 10.0. The van der Waals surface area contributed by atoms with Crippen molar-refractivity contribution in [2.75, 3.05) is 7.11 Å². The zero-order valence-electron chi connectivity index (χ0n) is 22.8. The van der Waals surface area contributed by atoms with E-state index in [0.29, 0.717) is 22.6 Å². The number of amides is 1. The van der Waals surface area contributed by atoms with Crippen LogP contribution < -0.4 is 14.9 Å². The highest BCUT2D eigenvalue weighted by Gasteiger charge is 2.14. The molecule has 1 heterocycles. The van der Waals surface area contributed by atoms with Gasteiger partial charge in [-0.1, -0.05) is 49.4 Å². The summed E-state index contributed by atoms with van der Waals surface area (Å²) in [7, 11) is 1.60. The molecule has 202 valence electrons. The Morgan fingerprint density at radius 3 is 2.51 bits per heavy atom. The van der Waals surface area contributed by atoms with E-state index in [0.717, 1.165) is 39.7 Å². The smallest absolute Gasteiger partial charge is 0.272 e. The Bertz CT molecular complexity index is 1750. The van der Waals surface area contributed by atoms with Crippen LogP contribution in [-0.2, 0) is 13.0 Å². The standard InChI is InChI=1S/C34H28N4O3/c1-3-23-8-13-26(14-9-23)32-19-30(29-6-4-5-7-31(29)37-32)34(39)38-36-21-25-12-17-33(40-2)27(18-25)22-41-28-15-10-24(20-35)11-16-28/h4-19,21H,3,22H2,1-2H3,(H,38,39)/b36-21-. The molecule has 41 heavy (non-hydrogen) atoms. The van der Waals surface area contributed by atoms with E-state index in [1.165, 1.54) is 5.56 Å². The normalized spacial score (nSPS) is 10.9. The molecule has 4 aromatic carbocycles. The van der Waals surface area contributed by atoms with Crippen molar-refractivity contribution in [1.82, 2.24) is 10.4 Å². The van der Waals surface area contributed by atoms with Crippen molar-refractivity contribution in [3.8, 4) is 28.8 Å². The molecule has 1 amide bonds. The molecule has 0 unspecified atom stereocenters. The number of para-hydroxylation sites is 1. The lowest BCUT2D eigenvalue weighted by molar-refractivity contribution is 0.0956. The van der Waals surface area contributed by atoms with E-state index in [1.807, 2.05) is 54.6 Å². The van der Waals surface area contributed by atoms with Crippen molar-refractivity contribution < 1.29 is 14.3 Å². The number of aryl methyl sites for hydroxylation is 1. The molecule has 0 fully saturated rings. The SMILES string of the molecule is CCc1ccc(-c2cc(C(=O)N/N=C\c3ccc(OC)c(COc4ccc(C#N)cc4)c3)c3ccccc3n2)cc1. The van der Waals surface area contributed by atoms with Crippen LogP contribution in [0.2, 0.25) is 0 Å². The number of hydrogen-bond acceptors (Lipinski definition) is 6. The third kappa shape index (κ3) is 6.40. The Balaban J connectivity index is 1.34. The number of nitriles is 1. The van der Waals surface area contributed by atoms with Crippen molar-refractivity contribution in [3.05, 3.63) is 125 Å². The highest BCUT2D eigenvalue weighted by Crippen LogP contribution is 2.26. The van der Waals surface area contributed by atoms with Crippen LogP contribution in [0.5, 0.6) is 11.5 Å². The van der Waals surface area contributed by atoms with E-state index in [9.17, 15) is 4.79 Å². The molecule has 1 N–H and O–H groups in total. The number of carbonyl (C=O) groups is 1. The summed E-state index contributed by atoms with van der Waals surface area (Å²) in [6.45, 7) is 2.37. The number of hydrazone groups is 1. The second-order valence-electron chi connectivity index (χ2n) is 9.32. The fourth-order valence-corrected chi connectivity index (χ4v) is 4.43. The Morgan fingerprint density at radius 1 is 1.00 bits per heavy atom. The van der Waals surface area contributed by atoms with E-state index >= 15 is 0 Å². The summed E-state index contributed by atoms with van der Waals surface area (Å²) in [5.74, 6) is 0.981. The summed E-state index contributed by atoms with van der Waals surface area (Å²) < 4.78 is 11.4. The number of nitrogens with one attached hydrogen (secondary N) is 1. The first kappa shape index (κ1) is 27.1. The van der Waals surface area contributed by atoms with Crippen LogP contribution in [0.15, 0.2) is 102 Å². The first-order chi connectivity index (χ1) is 20.1. The van der Waals surface area contributed by atoms with Gasteiger partial charge in [0.1, 0.15) is 18.1 Å². The van der Waals surface area contributed by atoms with Crippen molar-refractivity contribution >= 4 is 23.0 Å². The monoisotopic (exact) mass is 540 g/mol. The molecule has 5 rings (SSSR count). The average molecular weight is 541 g/mol. The van der Waals surface area contributed by atoms with Gasteiger partial charge < -0.3 is 9.47 Å². The molecule has 5 aromatic rings. The Kier molecular flexibility index (Phi) is 8.32. The van der Waals surface area contributed by atoms with Crippen LogP contribution in [0.4, 0.5) is 0 Å². The third-order valence-corrected chi connectivity index (χ3v) is 6.68. The van der Waals surface area contributed by atoms with Crippen molar-refractivity contribution in [3.63, 3.8) is 0 Å². The molecule has 0 aliphatic carbocycles. The molecule has 7 nitrogen and oxygen atoms in total. The van der Waals surface area contributed by atoms with Gasteiger partial charge >= 0.3 is 0 Å². The number of rotatable bonds is 9. The van der Waals surface area contributed by atoms with Gasteiger partial charge in [0.15, 0.2) is 0 Å². The molecule has 1 aromatic heterocycles. The molecule has 0 atom stereocenters. The number of methoxy groups -OCH3 is 1. The molecule has 7 heteroatoms. The van der Waals surface area contributed by atoms with Gasteiger partial charge in [-0.05, 0) is 72.1 Å². The number of nitrogens with zero attached hydrogens (tertiary/aromatic N) is 3. The van der Waals surface area contributed by atoms with Crippen LogP contribution in [-0.4, -0.2) is 24.2 Å². The van der Waals surface area contributed by atoms with Gasteiger partial charge in [-0.15, -0.1) is 0 Å². The maximum absolute atomic E-state index is 13.3. The fraction of sp³-hybridized carbons (Fsp3) is 0.118. The van der Waals surface area contributed by atoms with Crippen molar-refractivity contribution in [1.29, 1.82) is 5.26 Å². The predicted octanol–water partition coefficient (Wildman–Crippen LogP) is 6.69. The third-order valence-electron chi connectivity index (χ3n) is 6.68. The van der Waals surface area contributed by atoms with Crippen LogP contribution >= 0.6 is 0 Å². The van der Waals surface area contributed by atoms with Gasteiger partial charge in [0.25, 0.3) is 5.91 Å². The van der Waals surface area contributed by atoms with Gasteiger partial charge in [0, 0.05) is 16.5 Å². The maximum atomic E-state index is 13.3. The Labute approximate surface area is 238 Å². The highest BCUT2D eigenvalue weighted by atomic mass is 16.5. The summed E-state index contributed by atoms with van der Waals surface area (Å²) in [6, 6.07) is 32.2. The number of pyridine rings is 1. The van der Waals surface area contributed by atoms with Crippen LogP contribution in [0, 0.1) is 11.3 Å². The van der Waals surface area contributed by atoms with Gasteiger partial charge in [-0.25, -0.2) is 10.4 Å². The molecule has 0 spiro atoms. The van der Waals surface area contributed by atoms with E-state index in [4.69, 9.17) is 19.7 Å². The lowest BCUT2D eigenvalue weighted by Gasteiger charge is -2.11. The minimum Gasteiger partial charge on any atom is -0.496 e. The zero-order valence-corrected chi connectivity index (χ0v) is 22.8. The molecule has 0 saturated heterocycles. The fourth-order valence-electron chi connectivity index (χ4n) is 4.43. The first-order valence-corrected chi connectivity index (χ1v) is 13.2. The van der Waals surface area contributed by atoms with E-state index in [-0.39, 0.29) is 12.5 Å². The lowest BCUT2D eigenvalue weighted by Crippen LogP contribution is -2.18. The number of carbonyl (C=O) groups excluding carboxylic acids is 1. The van der Waals surface area contributed by atoms with Crippen LogP contribution in [0.1, 0.15) is 39.5 Å². The van der Waals surface area contributed by atoms with Gasteiger partial charge in [0.2, 0.25) is 0 Å². The molecular formula is C34H28N4O3. The van der Waals surface area contributed by atoms with E-state index in [2.05, 4.69) is 35.7 Å². The molecule has 0 aliphatic rings. The summed E-state index contributed by atoms with van der Waals surface area (Å²) in [6.07, 6.45) is 2.53. The predicted molar refractivity (Wildman–Crippen MR) is 160 cm³/mol. The summed E-state index contributed by atoms with van der Waals surface area (Å²) in [5, 5.41) is 14.0. The minimum absolute atomic E-state index is 0.258. The van der Waals surface area contributed by atoms with Crippen LogP contribution in [0.3, 0.4) is 0 Å². The Morgan fingerprint density at radius 2 is 1.78 bits per heavy atom. The van der Waals surface area contributed by atoms with Gasteiger partial charge in [-0.3, -0.25) is 4.79 Å². The second kappa shape index (κ2) is 12.6. The highest BCUT2D eigenvalue weighted by molar-refractivity contribution is 6.07. The largest absolute Gasteiger partial charge is 0.496 e. The quantitative estimate of drug-likeness (QED) is 0.166. The van der Waals surface area contributed by atoms with Gasteiger partial charge in [-0.2, -0.15) is 10.4 Å². The Hall–Kier alpha value is -5.48. The summed E-state index contributed by atoms with van der Waals surface area (Å²) in [5.41, 5.74) is 8.95. The topological polar surface area (TPSA) is 96.6 Å². The van der Waals surface area contributed by atoms with Gasteiger partial charge in [0.05, 0.1) is 41.7 Å². The minimum atomic E-state index is -0.329. The molecular weight excluding hydrogens is 512 g/mol. The first-order valence-electron chi connectivity index (χ1n) is 13.2. The second-order valence-corrected chi connectivity index (χ2v) is 9.32. The number of ether oxygens (including phenoxy) is 2. The molecule has 0 bridgehead atoms. The van der Waals surface area contributed by atoms with Crippen LogP contribution in [0.25, 0.3) is 22.2 Å². The maximum Gasteiger partial charge on any atom is 0.272 e. The number of benzene rings is 4. The molecule has 0 radical (unpaired) electrons. The number of fused-ring (bicyclic) bond motifs is 1. The van der Waals surface area contributed by atoms with Crippen molar-refractivity contribution in [2.24, 2.45) is 5.10 Å². The molecule has 0 saturated carbocycles. The summed E-state index contributed by atoms with van der Waals surface area (Å²) in [4.78, 5) is 18.1.